The van der Waals surface area contributed by atoms with Crippen molar-refractivity contribution in [1.82, 2.24) is 4.98 Å². The van der Waals surface area contributed by atoms with E-state index in [-0.39, 0.29) is 0 Å². The van der Waals surface area contributed by atoms with Gasteiger partial charge in [-0.1, -0.05) is 17.7 Å². The lowest BCUT2D eigenvalue weighted by Gasteiger charge is -2.13. The van der Waals surface area contributed by atoms with E-state index in [2.05, 4.69) is 4.98 Å². The fraction of sp³-hybridized carbons (Fsp3) is 0.214. The molecule has 1 unspecified atom stereocenters. The van der Waals surface area contributed by atoms with Crippen molar-refractivity contribution in [1.29, 1.82) is 0 Å². The molecular formula is C14H14FNO. The van der Waals surface area contributed by atoms with E-state index in [1.165, 1.54) is 6.07 Å². The van der Waals surface area contributed by atoms with E-state index in [0.29, 0.717) is 11.1 Å². The molecule has 2 nitrogen and oxygen atoms in total. The van der Waals surface area contributed by atoms with Crippen LogP contribution in [0.25, 0.3) is 0 Å². The summed E-state index contributed by atoms with van der Waals surface area (Å²) in [6, 6.07) is 8.17. The molecule has 0 radical (unpaired) electrons. The van der Waals surface area contributed by atoms with Gasteiger partial charge in [-0.25, -0.2) is 4.39 Å². The van der Waals surface area contributed by atoms with Gasteiger partial charge >= 0.3 is 0 Å². The molecule has 0 bridgehead atoms. The highest BCUT2D eigenvalue weighted by Crippen LogP contribution is 2.25. The summed E-state index contributed by atoms with van der Waals surface area (Å²) in [6.45, 7) is 3.70. The van der Waals surface area contributed by atoms with Crippen molar-refractivity contribution in [2.75, 3.05) is 0 Å². The molecule has 0 aliphatic rings. The van der Waals surface area contributed by atoms with E-state index in [0.717, 1.165) is 11.3 Å². The van der Waals surface area contributed by atoms with Crippen molar-refractivity contribution in [2.45, 2.75) is 20.0 Å². The zero-order valence-corrected chi connectivity index (χ0v) is 9.81. The van der Waals surface area contributed by atoms with Gasteiger partial charge in [-0.3, -0.25) is 4.98 Å². The van der Waals surface area contributed by atoms with Gasteiger partial charge in [0.2, 0.25) is 0 Å². The zero-order valence-electron chi connectivity index (χ0n) is 9.81. The van der Waals surface area contributed by atoms with Crippen LogP contribution in [0.4, 0.5) is 4.39 Å². The number of hydrogen-bond acceptors (Lipinski definition) is 2. The van der Waals surface area contributed by atoms with Gasteiger partial charge in [0.05, 0.1) is 0 Å². The molecule has 0 aliphatic heterocycles. The van der Waals surface area contributed by atoms with Crippen LogP contribution in [0.3, 0.4) is 0 Å². The predicted octanol–water partition coefficient (Wildman–Crippen LogP) is 2.92. The summed E-state index contributed by atoms with van der Waals surface area (Å²) in [5.74, 6) is -0.391. The predicted molar refractivity (Wildman–Crippen MR) is 64.2 cm³/mol. The average Bonchev–Trinajstić information content (AvgIpc) is 2.31. The molecule has 1 atom stereocenters. The number of benzene rings is 1. The Morgan fingerprint density at radius 2 is 1.94 bits per heavy atom. The van der Waals surface area contributed by atoms with Gasteiger partial charge in [-0.05, 0) is 37.6 Å². The van der Waals surface area contributed by atoms with Crippen LogP contribution in [0.2, 0.25) is 0 Å². The Bertz CT molecular complexity index is 539. The number of nitrogens with zero attached hydrogens (tertiary/aromatic N) is 1. The number of aromatic nitrogens is 1. The largest absolute Gasteiger partial charge is 0.384 e. The van der Waals surface area contributed by atoms with Gasteiger partial charge < -0.3 is 5.11 Å². The fourth-order valence-electron chi connectivity index (χ4n) is 1.79. The van der Waals surface area contributed by atoms with E-state index >= 15 is 0 Å². The van der Waals surface area contributed by atoms with Crippen LogP contribution in [0, 0.1) is 19.7 Å². The first-order valence-electron chi connectivity index (χ1n) is 5.44. The number of aliphatic hydroxyl groups is 1. The van der Waals surface area contributed by atoms with E-state index in [1.54, 1.807) is 30.5 Å². The molecule has 1 heterocycles. The van der Waals surface area contributed by atoms with Gasteiger partial charge in [-0.2, -0.15) is 0 Å². The molecule has 0 saturated heterocycles. The Morgan fingerprint density at radius 3 is 2.65 bits per heavy atom. The SMILES string of the molecule is Cc1ccc(F)c(C(O)c2ccnc(C)c2)c1. The summed E-state index contributed by atoms with van der Waals surface area (Å²) in [5, 5.41) is 10.2. The maximum atomic E-state index is 13.6. The van der Waals surface area contributed by atoms with E-state index < -0.39 is 11.9 Å². The minimum absolute atomic E-state index is 0.301. The number of hydrogen-bond donors (Lipinski definition) is 1. The summed E-state index contributed by atoms with van der Waals surface area (Å²) < 4.78 is 13.6. The van der Waals surface area contributed by atoms with Crippen LogP contribution in [0.15, 0.2) is 36.5 Å². The van der Waals surface area contributed by atoms with Gasteiger partial charge in [0, 0.05) is 17.5 Å². The number of aliphatic hydroxyl groups excluding tert-OH is 1. The first-order valence-corrected chi connectivity index (χ1v) is 5.44. The maximum absolute atomic E-state index is 13.6. The molecule has 0 saturated carbocycles. The summed E-state index contributed by atoms with van der Waals surface area (Å²) in [4.78, 5) is 4.05. The molecule has 0 fully saturated rings. The Kier molecular flexibility index (Phi) is 3.20. The lowest BCUT2D eigenvalue weighted by molar-refractivity contribution is 0.214. The molecule has 1 aromatic carbocycles. The van der Waals surface area contributed by atoms with E-state index in [1.807, 2.05) is 13.8 Å². The van der Waals surface area contributed by atoms with Crippen molar-refractivity contribution in [3.8, 4) is 0 Å². The molecule has 88 valence electrons. The van der Waals surface area contributed by atoms with Crippen molar-refractivity contribution >= 4 is 0 Å². The minimum atomic E-state index is -0.948. The average molecular weight is 231 g/mol. The van der Waals surface area contributed by atoms with E-state index in [4.69, 9.17) is 0 Å². The lowest BCUT2D eigenvalue weighted by atomic mass is 10.00. The van der Waals surface area contributed by atoms with Crippen LogP contribution in [-0.2, 0) is 0 Å². The number of pyridine rings is 1. The molecule has 1 aromatic heterocycles. The number of halogens is 1. The molecule has 2 rings (SSSR count). The number of rotatable bonds is 2. The molecule has 0 amide bonds. The summed E-state index contributed by atoms with van der Waals surface area (Å²) in [5.41, 5.74) is 2.68. The Hall–Kier alpha value is -1.74. The third-order valence-electron chi connectivity index (χ3n) is 2.68. The zero-order chi connectivity index (χ0) is 12.4. The second-order valence-electron chi connectivity index (χ2n) is 4.16. The quantitative estimate of drug-likeness (QED) is 0.862. The lowest BCUT2D eigenvalue weighted by Crippen LogP contribution is -2.03. The molecule has 3 heteroatoms. The van der Waals surface area contributed by atoms with Crippen molar-refractivity contribution in [3.05, 3.63) is 64.7 Å². The van der Waals surface area contributed by atoms with Gasteiger partial charge in [0.15, 0.2) is 0 Å². The molecule has 0 spiro atoms. The Morgan fingerprint density at radius 1 is 1.18 bits per heavy atom. The molecule has 2 aromatic rings. The Labute approximate surface area is 99.8 Å². The minimum Gasteiger partial charge on any atom is -0.384 e. The van der Waals surface area contributed by atoms with Crippen molar-refractivity contribution in [3.63, 3.8) is 0 Å². The van der Waals surface area contributed by atoms with Crippen molar-refractivity contribution in [2.24, 2.45) is 0 Å². The first-order chi connectivity index (χ1) is 8.08. The van der Waals surface area contributed by atoms with Crippen LogP contribution in [-0.4, -0.2) is 10.1 Å². The summed E-state index contributed by atoms with van der Waals surface area (Å²) >= 11 is 0. The summed E-state index contributed by atoms with van der Waals surface area (Å²) in [7, 11) is 0. The van der Waals surface area contributed by atoms with Crippen LogP contribution < -0.4 is 0 Å². The van der Waals surface area contributed by atoms with Gasteiger partial charge in [0.25, 0.3) is 0 Å². The van der Waals surface area contributed by atoms with Gasteiger partial charge in [0.1, 0.15) is 11.9 Å². The van der Waals surface area contributed by atoms with E-state index in [9.17, 15) is 9.50 Å². The topological polar surface area (TPSA) is 33.1 Å². The standard InChI is InChI=1S/C14H14FNO/c1-9-3-4-13(15)12(7-9)14(17)11-5-6-16-10(2)8-11/h3-8,14,17H,1-2H3. The normalized spacial score (nSPS) is 12.5. The monoisotopic (exact) mass is 231 g/mol. The first kappa shape index (κ1) is 11.7. The number of aryl methyl sites for hydroxylation is 2. The molecular weight excluding hydrogens is 217 g/mol. The highest BCUT2D eigenvalue weighted by atomic mass is 19.1. The summed E-state index contributed by atoms with van der Waals surface area (Å²) in [6.07, 6.45) is 0.665. The highest BCUT2D eigenvalue weighted by molar-refractivity contribution is 5.33. The third-order valence-corrected chi connectivity index (χ3v) is 2.68. The molecule has 1 N–H and O–H groups in total. The fourth-order valence-corrected chi connectivity index (χ4v) is 1.79. The second-order valence-corrected chi connectivity index (χ2v) is 4.16. The van der Waals surface area contributed by atoms with Crippen LogP contribution >= 0.6 is 0 Å². The van der Waals surface area contributed by atoms with Crippen LogP contribution in [0.5, 0.6) is 0 Å². The smallest absolute Gasteiger partial charge is 0.129 e. The molecule has 17 heavy (non-hydrogen) atoms. The Balaban J connectivity index is 2.43. The maximum Gasteiger partial charge on any atom is 0.129 e. The molecule has 0 aliphatic carbocycles. The van der Waals surface area contributed by atoms with Gasteiger partial charge in [-0.15, -0.1) is 0 Å². The highest BCUT2D eigenvalue weighted by Gasteiger charge is 2.15. The third kappa shape index (κ3) is 2.50. The van der Waals surface area contributed by atoms with Crippen LogP contribution in [0.1, 0.15) is 28.5 Å². The second kappa shape index (κ2) is 4.63. The van der Waals surface area contributed by atoms with Crippen molar-refractivity contribution < 1.29 is 9.50 Å².